The fourth-order valence-electron chi connectivity index (χ4n) is 3.44. The van der Waals surface area contributed by atoms with Crippen molar-refractivity contribution in [3.8, 4) is 0 Å². The van der Waals surface area contributed by atoms with Crippen molar-refractivity contribution in [1.82, 2.24) is 4.90 Å². The minimum atomic E-state index is -4.87. The first-order chi connectivity index (χ1) is 8.80. The normalized spacial score (nSPS) is 31.1. The van der Waals surface area contributed by atoms with E-state index in [1.807, 2.05) is 0 Å². The number of carbonyl (C=O) groups excluding carboxylic acids is 1. The summed E-state index contributed by atoms with van der Waals surface area (Å²) in [4.78, 5) is 23.0. The van der Waals surface area contributed by atoms with Crippen molar-refractivity contribution < 1.29 is 27.9 Å². The zero-order valence-corrected chi connectivity index (χ0v) is 10.3. The van der Waals surface area contributed by atoms with Crippen LogP contribution >= 0.6 is 0 Å². The molecule has 108 valence electrons. The Morgan fingerprint density at radius 1 is 1.21 bits per heavy atom. The quantitative estimate of drug-likeness (QED) is 0.841. The van der Waals surface area contributed by atoms with Gasteiger partial charge in [0.05, 0.1) is 6.42 Å². The summed E-state index contributed by atoms with van der Waals surface area (Å²) in [7, 11) is 0. The molecule has 1 heterocycles. The van der Waals surface area contributed by atoms with E-state index in [0.29, 0.717) is 12.8 Å². The van der Waals surface area contributed by atoms with Crippen LogP contribution in [0, 0.1) is 11.8 Å². The first-order valence-corrected chi connectivity index (χ1v) is 6.40. The summed E-state index contributed by atoms with van der Waals surface area (Å²) in [6, 6.07) is -0.438. The molecule has 3 unspecified atom stereocenters. The Morgan fingerprint density at radius 3 is 2.42 bits per heavy atom. The fourth-order valence-corrected chi connectivity index (χ4v) is 3.44. The second-order valence-electron chi connectivity index (χ2n) is 5.33. The monoisotopic (exact) mass is 279 g/mol. The van der Waals surface area contributed by atoms with Gasteiger partial charge in [-0.2, -0.15) is 13.2 Å². The molecule has 0 spiro atoms. The molecule has 3 atom stereocenters. The van der Waals surface area contributed by atoms with Crippen LogP contribution in [0.5, 0.6) is 0 Å². The van der Waals surface area contributed by atoms with Gasteiger partial charge in [-0.15, -0.1) is 0 Å². The third-order valence-electron chi connectivity index (χ3n) is 4.16. The second-order valence-corrected chi connectivity index (χ2v) is 5.33. The maximum absolute atomic E-state index is 12.5. The molecule has 0 aromatic carbocycles. The van der Waals surface area contributed by atoms with Crippen LogP contribution in [0.15, 0.2) is 0 Å². The molecule has 1 saturated heterocycles. The minimum Gasteiger partial charge on any atom is -0.481 e. The fraction of sp³-hybridized carbons (Fsp3) is 0.833. The summed E-state index contributed by atoms with van der Waals surface area (Å²) >= 11 is 0. The van der Waals surface area contributed by atoms with Crippen LogP contribution in [-0.2, 0) is 9.59 Å². The van der Waals surface area contributed by atoms with Crippen molar-refractivity contribution in [2.24, 2.45) is 11.8 Å². The van der Waals surface area contributed by atoms with E-state index in [4.69, 9.17) is 5.11 Å². The lowest BCUT2D eigenvalue weighted by Gasteiger charge is -2.32. The molecular weight excluding hydrogens is 263 g/mol. The van der Waals surface area contributed by atoms with E-state index in [0.717, 1.165) is 17.7 Å². The molecule has 4 nitrogen and oxygen atoms in total. The average Bonchev–Trinajstić information content (AvgIpc) is 2.65. The van der Waals surface area contributed by atoms with Crippen LogP contribution in [0.25, 0.3) is 0 Å². The third-order valence-corrected chi connectivity index (χ3v) is 4.16. The zero-order chi connectivity index (χ0) is 14.2. The molecule has 1 N–H and O–H groups in total. The molecule has 2 fully saturated rings. The molecule has 1 aliphatic heterocycles. The van der Waals surface area contributed by atoms with Crippen molar-refractivity contribution in [1.29, 1.82) is 0 Å². The maximum atomic E-state index is 12.5. The van der Waals surface area contributed by atoms with Crippen molar-refractivity contribution in [2.75, 3.05) is 6.54 Å². The summed E-state index contributed by atoms with van der Waals surface area (Å²) in [6.45, 7) is -0.0834. The van der Waals surface area contributed by atoms with Crippen molar-refractivity contribution in [3.63, 3.8) is 0 Å². The SMILES string of the molecule is O=C(O)CC1CN(C(=O)C(F)(F)F)C2CCCCC12. The van der Waals surface area contributed by atoms with Gasteiger partial charge in [-0.3, -0.25) is 9.59 Å². The molecule has 1 aliphatic carbocycles. The Kier molecular flexibility index (Phi) is 3.73. The standard InChI is InChI=1S/C12H16F3NO3/c13-12(14,15)11(19)16-6-7(5-10(17)18)8-3-1-2-4-9(8)16/h7-9H,1-6H2,(H,17,18). The van der Waals surface area contributed by atoms with Gasteiger partial charge < -0.3 is 10.0 Å². The number of likely N-dealkylation sites (tertiary alicyclic amines) is 1. The van der Waals surface area contributed by atoms with Gasteiger partial charge in [-0.05, 0) is 24.7 Å². The van der Waals surface area contributed by atoms with Gasteiger partial charge in [0.25, 0.3) is 0 Å². The number of fused-ring (bicyclic) bond motifs is 1. The van der Waals surface area contributed by atoms with E-state index in [-0.39, 0.29) is 24.8 Å². The maximum Gasteiger partial charge on any atom is 0.471 e. The van der Waals surface area contributed by atoms with Gasteiger partial charge in [0.1, 0.15) is 0 Å². The molecule has 0 bridgehead atoms. The van der Waals surface area contributed by atoms with Crippen LogP contribution < -0.4 is 0 Å². The topological polar surface area (TPSA) is 57.6 Å². The number of carbonyl (C=O) groups is 2. The lowest BCUT2D eigenvalue weighted by Crippen LogP contribution is -2.45. The summed E-state index contributed by atoms with van der Waals surface area (Å²) in [5, 5.41) is 8.82. The van der Waals surface area contributed by atoms with E-state index >= 15 is 0 Å². The van der Waals surface area contributed by atoms with Gasteiger partial charge in [0.15, 0.2) is 0 Å². The molecule has 2 rings (SSSR count). The average molecular weight is 279 g/mol. The highest BCUT2D eigenvalue weighted by Crippen LogP contribution is 2.42. The predicted molar refractivity (Wildman–Crippen MR) is 59.3 cm³/mol. The molecule has 0 aromatic rings. The minimum absolute atomic E-state index is 0.0834. The Balaban J connectivity index is 2.17. The number of aliphatic carboxylic acids is 1. The van der Waals surface area contributed by atoms with Crippen molar-refractivity contribution >= 4 is 11.9 Å². The van der Waals surface area contributed by atoms with Crippen molar-refractivity contribution in [2.45, 2.75) is 44.3 Å². The molecule has 7 heteroatoms. The zero-order valence-electron chi connectivity index (χ0n) is 10.3. The Morgan fingerprint density at radius 2 is 1.84 bits per heavy atom. The van der Waals surface area contributed by atoms with E-state index in [9.17, 15) is 22.8 Å². The van der Waals surface area contributed by atoms with Gasteiger partial charge in [-0.1, -0.05) is 12.8 Å². The van der Waals surface area contributed by atoms with E-state index in [2.05, 4.69) is 0 Å². The van der Waals surface area contributed by atoms with E-state index < -0.39 is 24.1 Å². The highest BCUT2D eigenvalue weighted by Gasteiger charge is 2.52. The molecule has 1 saturated carbocycles. The number of halogens is 3. The number of alkyl halides is 3. The predicted octanol–water partition coefficient (Wildman–Crippen LogP) is 2.04. The summed E-state index contributed by atoms with van der Waals surface area (Å²) in [5.74, 6) is -3.29. The van der Waals surface area contributed by atoms with Crippen LogP contribution in [-0.4, -0.2) is 40.6 Å². The number of nitrogens with zero attached hydrogens (tertiary/aromatic N) is 1. The molecule has 0 radical (unpaired) electrons. The smallest absolute Gasteiger partial charge is 0.471 e. The Bertz CT molecular complexity index is 383. The van der Waals surface area contributed by atoms with Crippen LogP contribution in [0.2, 0.25) is 0 Å². The van der Waals surface area contributed by atoms with Crippen LogP contribution in [0.4, 0.5) is 13.2 Å². The van der Waals surface area contributed by atoms with Gasteiger partial charge in [0, 0.05) is 12.6 Å². The molecule has 2 aliphatic rings. The number of hydrogen-bond donors (Lipinski definition) is 1. The summed E-state index contributed by atoms with van der Waals surface area (Å²) < 4.78 is 37.6. The van der Waals surface area contributed by atoms with Crippen molar-refractivity contribution in [3.05, 3.63) is 0 Å². The molecular formula is C12H16F3NO3. The Labute approximate surface area is 108 Å². The second kappa shape index (κ2) is 5.02. The Hall–Kier alpha value is -1.27. The van der Waals surface area contributed by atoms with Crippen LogP contribution in [0.1, 0.15) is 32.1 Å². The van der Waals surface area contributed by atoms with E-state index in [1.54, 1.807) is 0 Å². The van der Waals surface area contributed by atoms with Gasteiger partial charge >= 0.3 is 18.1 Å². The molecule has 19 heavy (non-hydrogen) atoms. The molecule has 0 aromatic heterocycles. The van der Waals surface area contributed by atoms with Crippen LogP contribution in [0.3, 0.4) is 0 Å². The highest BCUT2D eigenvalue weighted by atomic mass is 19.4. The summed E-state index contributed by atoms with van der Waals surface area (Å²) in [6.07, 6.45) is -2.09. The number of rotatable bonds is 2. The number of amides is 1. The summed E-state index contributed by atoms with van der Waals surface area (Å²) in [5.41, 5.74) is 0. The van der Waals surface area contributed by atoms with Gasteiger partial charge in [-0.25, -0.2) is 0 Å². The highest BCUT2D eigenvalue weighted by molar-refractivity contribution is 5.82. The lowest BCUT2D eigenvalue weighted by molar-refractivity contribution is -0.187. The largest absolute Gasteiger partial charge is 0.481 e. The number of hydrogen-bond acceptors (Lipinski definition) is 2. The first-order valence-electron chi connectivity index (χ1n) is 6.40. The number of carboxylic acids is 1. The first kappa shape index (κ1) is 14.1. The number of carboxylic acid groups (broad SMARTS) is 1. The van der Waals surface area contributed by atoms with Gasteiger partial charge in [0.2, 0.25) is 0 Å². The van der Waals surface area contributed by atoms with E-state index in [1.165, 1.54) is 0 Å². The third kappa shape index (κ3) is 2.84. The molecule has 1 amide bonds. The lowest BCUT2D eigenvalue weighted by atomic mass is 9.78.